The number of carbonyl (C=O) groups excluding carboxylic acids is 1. The van der Waals surface area contributed by atoms with Crippen LogP contribution in [0, 0.1) is 0 Å². The maximum atomic E-state index is 12.5. The highest BCUT2D eigenvalue weighted by Crippen LogP contribution is 2.32. The molecule has 0 atom stereocenters. The molecule has 1 fully saturated rings. The summed E-state index contributed by atoms with van der Waals surface area (Å²) in [6.45, 7) is 9.44. The highest BCUT2D eigenvalue weighted by Gasteiger charge is 2.37. The number of aromatic nitrogens is 3. The van der Waals surface area contributed by atoms with Crippen LogP contribution in [0.4, 0.5) is 5.82 Å². The van der Waals surface area contributed by atoms with Gasteiger partial charge in [-0.25, -0.2) is 9.50 Å². The van der Waals surface area contributed by atoms with E-state index in [1.54, 1.807) is 25.3 Å². The molecule has 5 rings (SSSR count). The van der Waals surface area contributed by atoms with Gasteiger partial charge in [-0.15, -0.1) is 29.9 Å². The molecule has 44 heavy (non-hydrogen) atoms. The molecule has 0 amide bonds. The van der Waals surface area contributed by atoms with E-state index in [4.69, 9.17) is 21.1 Å². The highest BCUT2D eigenvalue weighted by molar-refractivity contribution is 6.30. The van der Waals surface area contributed by atoms with Crippen LogP contribution < -0.4 is 5.32 Å². The van der Waals surface area contributed by atoms with Crippen molar-refractivity contribution in [2.75, 3.05) is 38.1 Å². The predicted molar refractivity (Wildman–Crippen MR) is 181 cm³/mol. The molecule has 238 valence electrons. The molecule has 2 aromatic heterocycles. The fourth-order valence-electron chi connectivity index (χ4n) is 5.39. The highest BCUT2D eigenvalue weighted by atomic mass is 35.5. The number of benzene rings is 2. The maximum Gasteiger partial charge on any atom is 0.317 e. The molecule has 0 bridgehead atoms. The Morgan fingerprint density at radius 3 is 2.20 bits per heavy atom. The van der Waals surface area contributed by atoms with Gasteiger partial charge >= 0.3 is 5.97 Å². The second-order valence-electron chi connectivity index (χ2n) is 11.2. The van der Waals surface area contributed by atoms with Crippen molar-refractivity contribution in [2.24, 2.45) is 0 Å². The standard InChI is InChI=1S/C33H40ClN5O3.2ClH/c1-4-41-32(40)33(2,3)30-31(34)39-28(36-30)17-16-27(37-39)35-20-11-21-38-22-18-26(19-23-38)42-29(24-12-7-5-8-13-24)25-14-9-6-10-15-25;;/h5-10,12-17,26,29H,4,11,18-23H2,1-3H3,(H,35,37);2*1H. The lowest BCUT2D eigenvalue weighted by Crippen LogP contribution is -2.38. The van der Waals surface area contributed by atoms with Crippen LogP contribution >= 0.6 is 36.4 Å². The minimum absolute atomic E-state index is 0. The molecule has 0 unspecified atom stereocenters. The number of nitrogens with one attached hydrogen (secondary N) is 1. The van der Waals surface area contributed by atoms with Gasteiger partial charge in [0, 0.05) is 19.6 Å². The summed E-state index contributed by atoms with van der Waals surface area (Å²) in [6.07, 6.45) is 3.21. The van der Waals surface area contributed by atoms with Gasteiger partial charge in [-0.1, -0.05) is 72.3 Å². The summed E-state index contributed by atoms with van der Waals surface area (Å²) in [5.74, 6) is 0.346. The summed E-state index contributed by atoms with van der Waals surface area (Å²) in [6, 6.07) is 24.7. The third kappa shape index (κ3) is 8.43. The van der Waals surface area contributed by atoms with Crippen molar-refractivity contribution >= 4 is 53.8 Å². The molecule has 11 heteroatoms. The van der Waals surface area contributed by atoms with E-state index in [1.807, 2.05) is 24.3 Å². The Labute approximate surface area is 277 Å². The van der Waals surface area contributed by atoms with E-state index in [0.29, 0.717) is 28.9 Å². The van der Waals surface area contributed by atoms with Crippen LogP contribution in [0.2, 0.25) is 5.15 Å². The summed E-state index contributed by atoms with van der Waals surface area (Å²) in [5.41, 5.74) is 2.46. The second-order valence-corrected chi connectivity index (χ2v) is 11.6. The van der Waals surface area contributed by atoms with Crippen LogP contribution in [0.1, 0.15) is 63.0 Å². The number of hydrogen-bond donors (Lipinski definition) is 1. The van der Waals surface area contributed by atoms with Gasteiger partial charge in [0.25, 0.3) is 0 Å². The number of imidazole rings is 1. The van der Waals surface area contributed by atoms with Crippen molar-refractivity contribution in [2.45, 2.75) is 57.7 Å². The van der Waals surface area contributed by atoms with Gasteiger partial charge in [0.2, 0.25) is 0 Å². The second kappa shape index (κ2) is 16.4. The first kappa shape index (κ1) is 35.6. The average Bonchev–Trinajstić information content (AvgIpc) is 3.36. The summed E-state index contributed by atoms with van der Waals surface area (Å²) >= 11 is 6.62. The van der Waals surface area contributed by atoms with E-state index in [0.717, 1.165) is 45.4 Å². The predicted octanol–water partition coefficient (Wildman–Crippen LogP) is 7.14. The third-order valence-corrected chi connectivity index (χ3v) is 8.16. The Kier molecular flexibility index (Phi) is 13.3. The number of piperidine rings is 1. The molecule has 1 aliphatic rings. The van der Waals surface area contributed by atoms with Gasteiger partial charge in [-0.3, -0.25) is 4.79 Å². The Morgan fingerprint density at radius 1 is 1.00 bits per heavy atom. The molecule has 2 aromatic carbocycles. The van der Waals surface area contributed by atoms with Gasteiger partial charge < -0.3 is 19.7 Å². The summed E-state index contributed by atoms with van der Waals surface area (Å²) in [7, 11) is 0. The van der Waals surface area contributed by atoms with E-state index >= 15 is 0 Å². The number of fused-ring (bicyclic) bond motifs is 1. The summed E-state index contributed by atoms with van der Waals surface area (Å²) in [4.78, 5) is 19.6. The number of hydrogen-bond acceptors (Lipinski definition) is 7. The first-order valence-electron chi connectivity index (χ1n) is 14.8. The summed E-state index contributed by atoms with van der Waals surface area (Å²) in [5, 5.41) is 8.34. The first-order chi connectivity index (χ1) is 20.4. The van der Waals surface area contributed by atoms with Crippen LogP contribution in [-0.4, -0.2) is 64.4 Å². The SMILES string of the molecule is CCOC(=O)C(C)(C)c1nc2ccc(NCCCN3CCC(OC(c4ccccc4)c4ccccc4)CC3)nn2c1Cl.Cl.Cl. The Morgan fingerprint density at radius 2 is 1.61 bits per heavy atom. The fraction of sp³-hybridized carbons (Fsp3) is 0.424. The first-order valence-corrected chi connectivity index (χ1v) is 15.2. The number of ether oxygens (including phenoxy) is 2. The molecule has 0 aliphatic carbocycles. The molecule has 1 N–H and O–H groups in total. The van der Waals surface area contributed by atoms with Crippen LogP contribution in [0.3, 0.4) is 0 Å². The van der Waals surface area contributed by atoms with Crippen molar-refractivity contribution in [1.29, 1.82) is 0 Å². The Bertz CT molecular complexity index is 1420. The van der Waals surface area contributed by atoms with Crippen molar-refractivity contribution < 1.29 is 14.3 Å². The zero-order valence-electron chi connectivity index (χ0n) is 25.4. The summed E-state index contributed by atoms with van der Waals surface area (Å²) < 4.78 is 13.5. The van der Waals surface area contributed by atoms with Gasteiger partial charge in [0.05, 0.1) is 18.4 Å². The third-order valence-electron chi connectivity index (χ3n) is 7.83. The van der Waals surface area contributed by atoms with Gasteiger partial charge in [-0.05, 0) is 69.8 Å². The Hall–Kier alpha value is -2.88. The van der Waals surface area contributed by atoms with E-state index in [9.17, 15) is 4.79 Å². The molecule has 3 heterocycles. The number of halogens is 3. The smallest absolute Gasteiger partial charge is 0.317 e. The largest absolute Gasteiger partial charge is 0.465 e. The molecule has 0 radical (unpaired) electrons. The lowest BCUT2D eigenvalue weighted by molar-refractivity contribution is -0.148. The van der Waals surface area contributed by atoms with E-state index < -0.39 is 5.41 Å². The minimum Gasteiger partial charge on any atom is -0.465 e. The van der Waals surface area contributed by atoms with Gasteiger partial charge in [0.1, 0.15) is 17.3 Å². The monoisotopic (exact) mass is 661 g/mol. The van der Waals surface area contributed by atoms with Gasteiger partial charge in [0.15, 0.2) is 10.8 Å². The minimum atomic E-state index is -0.975. The number of nitrogens with zero attached hydrogens (tertiary/aromatic N) is 4. The topological polar surface area (TPSA) is 81.0 Å². The van der Waals surface area contributed by atoms with E-state index in [1.165, 1.54) is 11.1 Å². The van der Waals surface area contributed by atoms with Crippen LogP contribution in [0.5, 0.6) is 0 Å². The maximum absolute atomic E-state index is 12.5. The van der Waals surface area contributed by atoms with Crippen molar-refractivity contribution in [3.8, 4) is 0 Å². The molecule has 0 spiro atoms. The van der Waals surface area contributed by atoms with Crippen LogP contribution in [-0.2, 0) is 19.7 Å². The van der Waals surface area contributed by atoms with E-state index in [-0.39, 0.29) is 43.0 Å². The normalized spacial score (nSPS) is 14.2. The molecule has 8 nitrogen and oxygen atoms in total. The average molecular weight is 663 g/mol. The number of esters is 1. The van der Waals surface area contributed by atoms with Gasteiger partial charge in [-0.2, -0.15) is 0 Å². The lowest BCUT2D eigenvalue weighted by Gasteiger charge is -2.34. The van der Waals surface area contributed by atoms with Crippen molar-refractivity contribution in [3.05, 3.63) is 94.8 Å². The molecule has 1 saturated heterocycles. The molecular weight excluding hydrogens is 621 g/mol. The lowest BCUT2D eigenvalue weighted by atomic mass is 9.90. The number of rotatable bonds is 12. The quantitative estimate of drug-likeness (QED) is 0.128. The zero-order valence-corrected chi connectivity index (χ0v) is 27.8. The number of carbonyl (C=O) groups is 1. The Balaban J connectivity index is 0.00000264. The zero-order chi connectivity index (χ0) is 29.5. The van der Waals surface area contributed by atoms with Crippen molar-refractivity contribution in [3.63, 3.8) is 0 Å². The van der Waals surface area contributed by atoms with Crippen molar-refractivity contribution in [1.82, 2.24) is 19.5 Å². The molecule has 4 aromatic rings. The molecule has 1 aliphatic heterocycles. The van der Waals surface area contributed by atoms with E-state index in [2.05, 4.69) is 68.8 Å². The molecule has 0 saturated carbocycles. The van der Waals surface area contributed by atoms with Crippen LogP contribution in [0.25, 0.3) is 5.65 Å². The van der Waals surface area contributed by atoms with Crippen LogP contribution in [0.15, 0.2) is 72.8 Å². The number of anilines is 1. The fourth-order valence-corrected chi connectivity index (χ4v) is 5.80. The number of likely N-dealkylation sites (tertiary alicyclic amines) is 1. The molecular formula is C33H42Cl3N5O3.